The first-order valence-electron chi connectivity index (χ1n) is 6.68. The van der Waals surface area contributed by atoms with Crippen LogP contribution in [0.1, 0.15) is 25.0 Å². The summed E-state index contributed by atoms with van der Waals surface area (Å²) in [4.78, 5) is 8.47. The molecule has 0 spiro atoms. The summed E-state index contributed by atoms with van der Waals surface area (Å²) in [6, 6.07) is 8.07. The van der Waals surface area contributed by atoms with Crippen molar-refractivity contribution in [2.24, 2.45) is 5.73 Å². The van der Waals surface area contributed by atoms with Crippen LogP contribution in [0.5, 0.6) is 5.88 Å². The van der Waals surface area contributed by atoms with E-state index in [4.69, 9.17) is 10.5 Å². The van der Waals surface area contributed by atoms with E-state index in [0.29, 0.717) is 24.8 Å². The molecule has 2 aromatic rings. The Kier molecular flexibility index (Phi) is 4.90. The van der Waals surface area contributed by atoms with Crippen LogP contribution in [-0.2, 0) is 13.1 Å². The van der Waals surface area contributed by atoms with Gasteiger partial charge in [0.1, 0.15) is 5.82 Å². The van der Waals surface area contributed by atoms with Gasteiger partial charge in [-0.05, 0) is 25.0 Å². The number of benzene rings is 1. The fraction of sp³-hybridized carbons (Fsp3) is 0.333. The van der Waals surface area contributed by atoms with Gasteiger partial charge in [-0.1, -0.05) is 24.3 Å². The normalized spacial score (nSPS) is 10.6. The zero-order valence-electron chi connectivity index (χ0n) is 11.8. The number of nitrogens with zero attached hydrogens (tertiary/aromatic N) is 2. The topological polar surface area (TPSA) is 73.1 Å². The van der Waals surface area contributed by atoms with Gasteiger partial charge in [0.05, 0.1) is 18.5 Å². The Morgan fingerprint density at radius 2 is 1.95 bits per heavy atom. The Morgan fingerprint density at radius 3 is 2.65 bits per heavy atom. The standard InChI is InChI=1S/C15H20N4O/c1-11(2)20-15-10-17-9-14(19-15)18-8-13-6-4-3-5-12(13)7-16/h3-6,9-11H,7-8,16H2,1-2H3,(H,18,19). The summed E-state index contributed by atoms with van der Waals surface area (Å²) in [5.74, 6) is 1.21. The van der Waals surface area contributed by atoms with Gasteiger partial charge < -0.3 is 15.8 Å². The van der Waals surface area contributed by atoms with Gasteiger partial charge in [0.15, 0.2) is 0 Å². The quantitative estimate of drug-likeness (QED) is 0.844. The van der Waals surface area contributed by atoms with E-state index in [-0.39, 0.29) is 6.10 Å². The molecule has 20 heavy (non-hydrogen) atoms. The van der Waals surface area contributed by atoms with Gasteiger partial charge in [0.2, 0.25) is 5.88 Å². The summed E-state index contributed by atoms with van der Waals surface area (Å²) in [5, 5.41) is 3.24. The zero-order valence-corrected chi connectivity index (χ0v) is 11.8. The van der Waals surface area contributed by atoms with Gasteiger partial charge in [-0.2, -0.15) is 4.98 Å². The fourth-order valence-electron chi connectivity index (χ4n) is 1.85. The molecule has 0 atom stereocenters. The van der Waals surface area contributed by atoms with Crippen LogP contribution in [0, 0.1) is 0 Å². The highest BCUT2D eigenvalue weighted by atomic mass is 16.5. The predicted molar refractivity (Wildman–Crippen MR) is 79.5 cm³/mol. The van der Waals surface area contributed by atoms with E-state index in [1.54, 1.807) is 12.4 Å². The molecule has 0 aliphatic heterocycles. The summed E-state index contributed by atoms with van der Waals surface area (Å²) in [6.45, 7) is 5.10. The minimum Gasteiger partial charge on any atom is -0.474 e. The maximum absolute atomic E-state index is 5.72. The Hall–Kier alpha value is -2.14. The molecule has 3 N–H and O–H groups in total. The summed E-state index contributed by atoms with van der Waals surface area (Å²) < 4.78 is 5.52. The number of rotatable bonds is 6. The minimum absolute atomic E-state index is 0.0810. The van der Waals surface area contributed by atoms with Gasteiger partial charge in [0, 0.05) is 13.1 Å². The highest BCUT2D eigenvalue weighted by molar-refractivity contribution is 5.36. The molecule has 0 fully saturated rings. The second-order valence-corrected chi connectivity index (χ2v) is 4.74. The summed E-state index contributed by atoms with van der Waals surface area (Å²) in [7, 11) is 0. The number of nitrogens with one attached hydrogen (secondary N) is 1. The summed E-state index contributed by atoms with van der Waals surface area (Å²) >= 11 is 0. The Labute approximate surface area is 119 Å². The van der Waals surface area contributed by atoms with E-state index < -0.39 is 0 Å². The SMILES string of the molecule is CC(C)Oc1cncc(NCc2ccccc2CN)n1. The maximum atomic E-state index is 5.72. The van der Waals surface area contributed by atoms with Crippen molar-refractivity contribution in [1.29, 1.82) is 0 Å². The highest BCUT2D eigenvalue weighted by Crippen LogP contribution is 2.13. The first kappa shape index (κ1) is 14.3. The lowest BCUT2D eigenvalue weighted by Gasteiger charge is -2.11. The van der Waals surface area contributed by atoms with E-state index in [1.807, 2.05) is 32.0 Å². The van der Waals surface area contributed by atoms with Gasteiger partial charge >= 0.3 is 0 Å². The number of hydrogen-bond acceptors (Lipinski definition) is 5. The molecule has 0 saturated heterocycles. The Balaban J connectivity index is 2.03. The van der Waals surface area contributed by atoms with Crippen molar-refractivity contribution in [3.05, 3.63) is 47.8 Å². The third-order valence-corrected chi connectivity index (χ3v) is 2.77. The van der Waals surface area contributed by atoms with Crippen molar-refractivity contribution in [3.63, 3.8) is 0 Å². The van der Waals surface area contributed by atoms with Crippen molar-refractivity contribution in [2.45, 2.75) is 33.0 Å². The molecule has 0 saturated carbocycles. The number of anilines is 1. The molecular formula is C15H20N4O. The summed E-state index contributed by atoms with van der Waals surface area (Å²) in [5.41, 5.74) is 8.01. The number of aromatic nitrogens is 2. The predicted octanol–water partition coefficient (Wildman–Crippen LogP) is 2.33. The third kappa shape index (κ3) is 3.93. The van der Waals surface area contributed by atoms with Crippen molar-refractivity contribution >= 4 is 5.82 Å². The van der Waals surface area contributed by atoms with E-state index in [1.165, 1.54) is 0 Å². The van der Waals surface area contributed by atoms with Crippen LogP contribution in [0.2, 0.25) is 0 Å². The number of hydrogen-bond donors (Lipinski definition) is 2. The molecule has 0 bridgehead atoms. The first-order valence-corrected chi connectivity index (χ1v) is 6.68. The van der Waals surface area contributed by atoms with Crippen LogP contribution in [-0.4, -0.2) is 16.1 Å². The monoisotopic (exact) mass is 272 g/mol. The minimum atomic E-state index is 0.0810. The van der Waals surface area contributed by atoms with Gasteiger partial charge in [-0.3, -0.25) is 4.98 Å². The highest BCUT2D eigenvalue weighted by Gasteiger charge is 2.03. The van der Waals surface area contributed by atoms with Crippen LogP contribution in [0.25, 0.3) is 0 Å². The van der Waals surface area contributed by atoms with E-state index >= 15 is 0 Å². The Morgan fingerprint density at radius 1 is 1.20 bits per heavy atom. The lowest BCUT2D eigenvalue weighted by molar-refractivity contribution is 0.232. The second kappa shape index (κ2) is 6.86. The molecule has 0 radical (unpaired) electrons. The van der Waals surface area contributed by atoms with Crippen LogP contribution in [0.3, 0.4) is 0 Å². The molecule has 2 rings (SSSR count). The maximum Gasteiger partial charge on any atom is 0.234 e. The molecule has 106 valence electrons. The molecule has 5 heteroatoms. The van der Waals surface area contributed by atoms with Crippen molar-refractivity contribution < 1.29 is 4.74 Å². The summed E-state index contributed by atoms with van der Waals surface area (Å²) in [6.07, 6.45) is 3.37. The fourth-order valence-corrected chi connectivity index (χ4v) is 1.85. The zero-order chi connectivity index (χ0) is 14.4. The second-order valence-electron chi connectivity index (χ2n) is 4.74. The van der Waals surface area contributed by atoms with Crippen LogP contribution < -0.4 is 15.8 Å². The van der Waals surface area contributed by atoms with Crippen LogP contribution >= 0.6 is 0 Å². The molecule has 0 aliphatic carbocycles. The molecule has 1 aromatic carbocycles. The molecule has 0 aliphatic rings. The van der Waals surface area contributed by atoms with Gasteiger partial charge in [0.25, 0.3) is 0 Å². The average Bonchev–Trinajstić information content (AvgIpc) is 2.45. The molecule has 1 aromatic heterocycles. The van der Waals surface area contributed by atoms with Gasteiger partial charge in [-0.25, -0.2) is 0 Å². The molecule has 1 heterocycles. The number of nitrogens with two attached hydrogens (primary N) is 1. The Bertz CT molecular complexity index is 557. The van der Waals surface area contributed by atoms with E-state index in [0.717, 1.165) is 11.1 Å². The molecular weight excluding hydrogens is 252 g/mol. The molecule has 5 nitrogen and oxygen atoms in total. The number of ether oxygens (including phenoxy) is 1. The smallest absolute Gasteiger partial charge is 0.234 e. The van der Waals surface area contributed by atoms with Gasteiger partial charge in [-0.15, -0.1) is 0 Å². The molecule has 0 amide bonds. The van der Waals surface area contributed by atoms with Crippen LogP contribution in [0.15, 0.2) is 36.7 Å². The largest absolute Gasteiger partial charge is 0.474 e. The average molecular weight is 272 g/mol. The van der Waals surface area contributed by atoms with Crippen molar-refractivity contribution in [2.75, 3.05) is 5.32 Å². The van der Waals surface area contributed by atoms with Crippen LogP contribution in [0.4, 0.5) is 5.82 Å². The lowest BCUT2D eigenvalue weighted by atomic mass is 10.1. The van der Waals surface area contributed by atoms with E-state index in [9.17, 15) is 0 Å². The lowest BCUT2D eigenvalue weighted by Crippen LogP contribution is -2.10. The molecule has 0 unspecified atom stereocenters. The first-order chi connectivity index (χ1) is 9.69. The van der Waals surface area contributed by atoms with Crippen molar-refractivity contribution in [1.82, 2.24) is 9.97 Å². The third-order valence-electron chi connectivity index (χ3n) is 2.77. The van der Waals surface area contributed by atoms with Crippen molar-refractivity contribution in [3.8, 4) is 5.88 Å². The van der Waals surface area contributed by atoms with E-state index in [2.05, 4.69) is 21.4 Å².